The Hall–Kier alpha value is -2.83. The minimum atomic E-state index is -1.01. The fourth-order valence-corrected chi connectivity index (χ4v) is 1.51. The largest absolute Gasteiger partial charge is 0.497 e. The molecule has 1 aromatic heterocycles. The fraction of sp³-hybridized carbons (Fsp3) is 0.154. The molecule has 7 heteroatoms. The zero-order chi connectivity index (χ0) is 14.5. The van der Waals surface area contributed by atoms with Crippen LogP contribution in [0.25, 0.3) is 11.3 Å². The van der Waals surface area contributed by atoms with Crippen molar-refractivity contribution < 1.29 is 23.6 Å². The second-order valence-corrected chi connectivity index (χ2v) is 3.75. The molecular formula is C13H12N2O5. The summed E-state index contributed by atoms with van der Waals surface area (Å²) in [5, 5.41) is 6.04. The highest BCUT2D eigenvalue weighted by Gasteiger charge is 2.16. The summed E-state index contributed by atoms with van der Waals surface area (Å²) in [6, 6.07) is 8.67. The maximum atomic E-state index is 11.3. The second-order valence-electron chi connectivity index (χ2n) is 3.75. The van der Waals surface area contributed by atoms with Gasteiger partial charge in [0.1, 0.15) is 11.4 Å². The zero-order valence-corrected chi connectivity index (χ0v) is 10.9. The molecule has 1 heterocycles. The number of rotatable bonds is 3. The molecule has 0 aliphatic carbocycles. The van der Waals surface area contributed by atoms with Crippen molar-refractivity contribution in [2.45, 2.75) is 0 Å². The number of ether oxygens (including phenoxy) is 2. The number of esters is 1. The van der Waals surface area contributed by atoms with E-state index in [0.717, 1.165) is 12.7 Å². The monoisotopic (exact) mass is 276 g/mol. The number of nitrogens with one attached hydrogen (secondary N) is 1. The van der Waals surface area contributed by atoms with E-state index in [1.165, 1.54) is 6.07 Å². The lowest BCUT2D eigenvalue weighted by atomic mass is 10.1. The molecule has 0 radical (unpaired) electrons. The van der Waals surface area contributed by atoms with Crippen LogP contribution in [0.1, 0.15) is 0 Å². The summed E-state index contributed by atoms with van der Waals surface area (Å²) in [5.74, 6) is -1.21. The van der Waals surface area contributed by atoms with Gasteiger partial charge in [0.15, 0.2) is 0 Å². The average Bonchev–Trinajstić information content (AvgIpc) is 2.94. The smallest absolute Gasteiger partial charge is 0.396 e. The highest BCUT2D eigenvalue weighted by Crippen LogP contribution is 2.25. The molecule has 0 spiro atoms. The second kappa shape index (κ2) is 5.87. The van der Waals surface area contributed by atoms with Crippen LogP contribution in [0.2, 0.25) is 0 Å². The highest BCUT2D eigenvalue weighted by atomic mass is 16.5. The molecule has 0 aliphatic rings. The predicted octanol–water partition coefficient (Wildman–Crippen LogP) is 1.46. The molecule has 0 fully saturated rings. The molecule has 0 bridgehead atoms. The van der Waals surface area contributed by atoms with Gasteiger partial charge in [0.25, 0.3) is 0 Å². The topological polar surface area (TPSA) is 90.7 Å². The number of carbonyl (C=O) groups excluding carboxylic acids is 2. The van der Waals surface area contributed by atoms with Gasteiger partial charge in [-0.05, 0) is 12.1 Å². The summed E-state index contributed by atoms with van der Waals surface area (Å²) >= 11 is 0. The molecule has 1 amide bonds. The van der Waals surface area contributed by atoms with Crippen LogP contribution in [0.15, 0.2) is 34.9 Å². The summed E-state index contributed by atoms with van der Waals surface area (Å²) < 4.78 is 14.3. The number of methoxy groups -OCH3 is 2. The van der Waals surface area contributed by atoms with Crippen LogP contribution in [0.5, 0.6) is 5.75 Å². The van der Waals surface area contributed by atoms with E-state index in [9.17, 15) is 9.59 Å². The van der Waals surface area contributed by atoms with Crippen molar-refractivity contribution in [3.8, 4) is 17.0 Å². The van der Waals surface area contributed by atoms with E-state index < -0.39 is 11.9 Å². The molecule has 0 unspecified atom stereocenters. The predicted molar refractivity (Wildman–Crippen MR) is 69.1 cm³/mol. The van der Waals surface area contributed by atoms with E-state index in [1.54, 1.807) is 25.3 Å². The van der Waals surface area contributed by atoms with Crippen molar-refractivity contribution >= 4 is 17.8 Å². The molecule has 0 saturated heterocycles. The number of benzene rings is 1. The fourth-order valence-electron chi connectivity index (χ4n) is 1.51. The molecule has 0 atom stereocenters. The van der Waals surface area contributed by atoms with Gasteiger partial charge < -0.3 is 14.0 Å². The van der Waals surface area contributed by atoms with E-state index >= 15 is 0 Å². The molecule has 0 aliphatic heterocycles. The number of amides is 1. The third-order valence-electron chi connectivity index (χ3n) is 2.48. The summed E-state index contributed by atoms with van der Waals surface area (Å²) in [6.45, 7) is 0. The van der Waals surface area contributed by atoms with Crippen LogP contribution >= 0.6 is 0 Å². The molecule has 1 N–H and O–H groups in total. The third kappa shape index (κ3) is 2.94. The SMILES string of the molecule is COC(=O)C(=O)Nc1cc(-c2cccc(OC)c2)no1. The zero-order valence-electron chi connectivity index (χ0n) is 10.9. The van der Waals surface area contributed by atoms with Crippen molar-refractivity contribution in [1.82, 2.24) is 5.16 Å². The standard InChI is InChI=1S/C13H12N2O5/c1-18-9-5-3-4-8(6-9)10-7-11(20-15-10)14-12(16)13(17)19-2/h3-7H,1-2H3,(H,14,16). The maximum Gasteiger partial charge on any atom is 0.396 e. The first-order valence-corrected chi connectivity index (χ1v) is 5.64. The van der Waals surface area contributed by atoms with Gasteiger partial charge in [-0.25, -0.2) is 4.79 Å². The molecule has 104 valence electrons. The lowest BCUT2D eigenvalue weighted by Crippen LogP contribution is -2.23. The highest BCUT2D eigenvalue weighted by molar-refractivity contribution is 6.37. The van der Waals surface area contributed by atoms with Gasteiger partial charge in [0.2, 0.25) is 5.88 Å². The molecule has 20 heavy (non-hydrogen) atoms. The van der Waals surface area contributed by atoms with Gasteiger partial charge >= 0.3 is 11.9 Å². The van der Waals surface area contributed by atoms with Gasteiger partial charge in [-0.15, -0.1) is 0 Å². The van der Waals surface area contributed by atoms with E-state index in [0.29, 0.717) is 11.4 Å². The van der Waals surface area contributed by atoms with Gasteiger partial charge in [0, 0.05) is 11.6 Å². The van der Waals surface area contributed by atoms with Crippen LogP contribution in [0.4, 0.5) is 5.88 Å². The van der Waals surface area contributed by atoms with Crippen LogP contribution in [-0.2, 0) is 14.3 Å². The van der Waals surface area contributed by atoms with Gasteiger partial charge in [-0.1, -0.05) is 17.3 Å². The number of hydrogen-bond acceptors (Lipinski definition) is 6. The van der Waals surface area contributed by atoms with Crippen LogP contribution < -0.4 is 10.1 Å². The molecule has 0 saturated carbocycles. The van der Waals surface area contributed by atoms with Gasteiger partial charge in [-0.2, -0.15) is 0 Å². The Balaban J connectivity index is 2.16. The third-order valence-corrected chi connectivity index (χ3v) is 2.48. The van der Waals surface area contributed by atoms with E-state index in [-0.39, 0.29) is 5.88 Å². The van der Waals surface area contributed by atoms with Crippen LogP contribution in [0, 0.1) is 0 Å². The first kappa shape index (κ1) is 13.6. The van der Waals surface area contributed by atoms with Crippen molar-refractivity contribution in [3.63, 3.8) is 0 Å². The lowest BCUT2D eigenvalue weighted by Gasteiger charge is -2.00. The summed E-state index contributed by atoms with van der Waals surface area (Å²) in [4.78, 5) is 22.3. The molecule has 2 rings (SSSR count). The number of carbonyl (C=O) groups is 2. The summed E-state index contributed by atoms with van der Waals surface area (Å²) in [7, 11) is 2.67. The van der Waals surface area contributed by atoms with Crippen molar-refractivity contribution in [2.75, 3.05) is 19.5 Å². The Labute approximate surface area is 114 Å². The number of aromatic nitrogens is 1. The van der Waals surface area contributed by atoms with Crippen molar-refractivity contribution in [1.29, 1.82) is 0 Å². The molecule has 2 aromatic rings. The summed E-state index contributed by atoms with van der Waals surface area (Å²) in [5.41, 5.74) is 1.26. The molecule has 7 nitrogen and oxygen atoms in total. The van der Waals surface area contributed by atoms with Crippen LogP contribution in [-0.4, -0.2) is 31.3 Å². The normalized spacial score (nSPS) is 9.90. The van der Waals surface area contributed by atoms with E-state index in [2.05, 4.69) is 15.2 Å². The number of hydrogen-bond donors (Lipinski definition) is 1. The Morgan fingerprint density at radius 2 is 2.05 bits per heavy atom. The lowest BCUT2D eigenvalue weighted by molar-refractivity contribution is -0.150. The summed E-state index contributed by atoms with van der Waals surface area (Å²) in [6.07, 6.45) is 0. The Kier molecular flexibility index (Phi) is 3.99. The quantitative estimate of drug-likeness (QED) is 0.674. The molecular weight excluding hydrogens is 264 g/mol. The molecule has 1 aromatic carbocycles. The van der Waals surface area contributed by atoms with Crippen LogP contribution in [0.3, 0.4) is 0 Å². The van der Waals surface area contributed by atoms with Crippen molar-refractivity contribution in [3.05, 3.63) is 30.3 Å². The average molecular weight is 276 g/mol. The minimum Gasteiger partial charge on any atom is -0.497 e. The van der Waals surface area contributed by atoms with E-state index in [4.69, 9.17) is 9.26 Å². The Morgan fingerprint density at radius 1 is 1.25 bits per heavy atom. The number of anilines is 1. The van der Waals surface area contributed by atoms with Gasteiger partial charge in [-0.3, -0.25) is 10.1 Å². The minimum absolute atomic E-state index is 0.0539. The first-order chi connectivity index (χ1) is 9.63. The van der Waals surface area contributed by atoms with Crippen molar-refractivity contribution in [2.24, 2.45) is 0 Å². The maximum absolute atomic E-state index is 11.3. The Morgan fingerprint density at radius 3 is 2.75 bits per heavy atom. The van der Waals surface area contributed by atoms with Gasteiger partial charge in [0.05, 0.1) is 14.2 Å². The van der Waals surface area contributed by atoms with E-state index in [1.807, 2.05) is 6.07 Å². The Bertz CT molecular complexity index is 635. The number of nitrogens with zero attached hydrogens (tertiary/aromatic N) is 1. The first-order valence-electron chi connectivity index (χ1n) is 5.64.